The predicted molar refractivity (Wildman–Crippen MR) is 89.7 cm³/mol. The molecule has 0 amide bonds. The summed E-state index contributed by atoms with van der Waals surface area (Å²) in [7, 11) is 0. The van der Waals surface area contributed by atoms with E-state index in [0.29, 0.717) is 5.84 Å². The van der Waals surface area contributed by atoms with Crippen molar-refractivity contribution in [1.29, 1.82) is 0 Å². The number of hydrogen-bond donors (Lipinski definition) is 0. The van der Waals surface area contributed by atoms with E-state index in [1.54, 1.807) is 0 Å². The van der Waals surface area contributed by atoms with Gasteiger partial charge in [-0.05, 0) is 40.7 Å². The van der Waals surface area contributed by atoms with Crippen LogP contribution in [0.15, 0.2) is 81.3 Å². The van der Waals surface area contributed by atoms with E-state index in [1.165, 1.54) is 5.56 Å². The maximum atomic E-state index is 4.45. The number of nitrogens with zero attached hydrogens (tertiary/aromatic N) is 2. The summed E-state index contributed by atoms with van der Waals surface area (Å²) in [6.45, 7) is 3.58. The first-order chi connectivity index (χ1) is 9.79. The Kier molecular flexibility index (Phi) is 5.44. The quantitative estimate of drug-likeness (QED) is 0.445. The first-order valence-corrected chi connectivity index (χ1v) is 7.09. The molecule has 0 radical (unpaired) electrons. The Morgan fingerprint density at radius 3 is 2.20 bits per heavy atom. The van der Waals surface area contributed by atoms with E-state index in [4.69, 9.17) is 0 Å². The maximum Gasteiger partial charge on any atom is 0.159 e. The number of aliphatic imine (C=N–C) groups is 2. The highest BCUT2D eigenvalue weighted by molar-refractivity contribution is 9.11. The van der Waals surface area contributed by atoms with E-state index >= 15 is 0 Å². The summed E-state index contributed by atoms with van der Waals surface area (Å²) in [4.78, 5) is 8.43. The molecule has 0 aromatic heterocycles. The molecule has 20 heavy (non-hydrogen) atoms. The molecule has 0 aliphatic carbocycles. The molecule has 2 aromatic carbocycles. The number of halogens is 1. The summed E-state index contributed by atoms with van der Waals surface area (Å²) < 4.78 is 0.757. The van der Waals surface area contributed by atoms with Crippen molar-refractivity contribution in [3.63, 3.8) is 0 Å². The van der Waals surface area contributed by atoms with Crippen molar-refractivity contribution >= 4 is 28.5 Å². The highest BCUT2D eigenvalue weighted by Gasteiger charge is 2.00. The minimum absolute atomic E-state index is 0.613. The van der Waals surface area contributed by atoms with Crippen molar-refractivity contribution in [3.8, 4) is 0 Å². The van der Waals surface area contributed by atoms with Gasteiger partial charge in [0.1, 0.15) is 4.61 Å². The minimum Gasteiger partial charge on any atom is -0.245 e. The number of allylic oxidation sites excluding steroid dienone is 1. The fraction of sp³-hybridized carbons (Fsp3) is 0.0588. The second-order valence-electron chi connectivity index (χ2n) is 4.18. The molecule has 0 spiro atoms. The third-order valence-corrected chi connectivity index (χ3v) is 3.24. The van der Waals surface area contributed by atoms with Crippen molar-refractivity contribution in [1.82, 2.24) is 0 Å². The van der Waals surface area contributed by atoms with E-state index in [0.717, 1.165) is 16.6 Å². The van der Waals surface area contributed by atoms with Crippen LogP contribution in [-0.4, -0.2) is 12.6 Å². The minimum atomic E-state index is 0.613. The van der Waals surface area contributed by atoms with Crippen LogP contribution >= 0.6 is 15.9 Å². The van der Waals surface area contributed by atoms with E-state index < -0.39 is 0 Å². The van der Waals surface area contributed by atoms with Crippen LogP contribution in [-0.2, 0) is 6.42 Å². The molecule has 0 aliphatic heterocycles. The van der Waals surface area contributed by atoms with Gasteiger partial charge in [-0.2, -0.15) is 0 Å². The van der Waals surface area contributed by atoms with Gasteiger partial charge in [-0.25, -0.2) is 9.98 Å². The van der Waals surface area contributed by atoms with Gasteiger partial charge in [0.2, 0.25) is 0 Å². The van der Waals surface area contributed by atoms with Crippen molar-refractivity contribution in [2.45, 2.75) is 6.42 Å². The van der Waals surface area contributed by atoms with Crippen LogP contribution in [0.2, 0.25) is 0 Å². The van der Waals surface area contributed by atoms with E-state index in [1.807, 2.05) is 54.6 Å². The first kappa shape index (κ1) is 14.4. The number of amidine groups is 1. The van der Waals surface area contributed by atoms with Gasteiger partial charge >= 0.3 is 0 Å². The molecule has 0 bridgehead atoms. The zero-order chi connectivity index (χ0) is 14.2. The van der Waals surface area contributed by atoms with Gasteiger partial charge in [0.05, 0.1) is 0 Å². The van der Waals surface area contributed by atoms with Gasteiger partial charge in [-0.1, -0.05) is 60.7 Å². The SMILES string of the molecule is C=N/C(=N\C(Br)=C/Cc1ccccc1)c1ccccc1. The average molecular weight is 327 g/mol. The summed E-state index contributed by atoms with van der Waals surface area (Å²) in [6.07, 6.45) is 2.84. The average Bonchev–Trinajstić information content (AvgIpc) is 2.52. The summed E-state index contributed by atoms with van der Waals surface area (Å²) in [6, 6.07) is 20.0. The Morgan fingerprint density at radius 1 is 1.00 bits per heavy atom. The molecule has 0 N–H and O–H groups in total. The fourth-order valence-corrected chi connectivity index (χ4v) is 2.07. The van der Waals surface area contributed by atoms with Gasteiger partial charge in [-0.15, -0.1) is 0 Å². The lowest BCUT2D eigenvalue weighted by Gasteiger charge is -2.00. The van der Waals surface area contributed by atoms with Crippen LogP contribution in [0.4, 0.5) is 0 Å². The molecule has 0 atom stereocenters. The number of hydrogen-bond acceptors (Lipinski definition) is 1. The Morgan fingerprint density at radius 2 is 1.60 bits per heavy atom. The van der Waals surface area contributed by atoms with Gasteiger partial charge < -0.3 is 0 Å². The lowest BCUT2D eigenvalue weighted by Crippen LogP contribution is -1.95. The first-order valence-electron chi connectivity index (χ1n) is 6.30. The van der Waals surface area contributed by atoms with Crippen molar-refractivity contribution in [2.24, 2.45) is 9.98 Å². The Balaban J connectivity index is 2.13. The molecule has 0 saturated carbocycles. The normalized spacial score (nSPS) is 12.2. The summed E-state index contributed by atoms with van der Waals surface area (Å²) in [5, 5.41) is 0. The van der Waals surface area contributed by atoms with Gasteiger partial charge in [0, 0.05) is 5.56 Å². The standard InChI is InChI=1S/C17H15BrN2/c1-19-17(15-10-6-3-7-11-15)20-16(18)13-12-14-8-4-2-5-9-14/h2-11,13H,1,12H2/b16-13-,20-17-. The fourth-order valence-electron chi connectivity index (χ4n) is 1.74. The third kappa shape index (κ3) is 4.28. The van der Waals surface area contributed by atoms with Crippen molar-refractivity contribution in [2.75, 3.05) is 0 Å². The number of rotatable bonds is 4. The van der Waals surface area contributed by atoms with Crippen LogP contribution < -0.4 is 0 Å². The molecule has 0 saturated heterocycles. The summed E-state index contributed by atoms with van der Waals surface area (Å²) in [5.41, 5.74) is 2.19. The highest BCUT2D eigenvalue weighted by atomic mass is 79.9. The molecule has 0 fully saturated rings. The molecular weight excluding hydrogens is 312 g/mol. The van der Waals surface area contributed by atoms with Crippen LogP contribution in [0.5, 0.6) is 0 Å². The van der Waals surface area contributed by atoms with E-state index in [2.05, 4.69) is 44.8 Å². The Bertz CT molecular complexity index is 616. The maximum absolute atomic E-state index is 4.45. The van der Waals surface area contributed by atoms with Gasteiger partial charge in [0.25, 0.3) is 0 Å². The Hall–Kier alpha value is -2.00. The Labute approximate surface area is 127 Å². The van der Waals surface area contributed by atoms with Crippen molar-refractivity contribution < 1.29 is 0 Å². The molecule has 3 heteroatoms. The second-order valence-corrected chi connectivity index (χ2v) is 4.99. The number of benzene rings is 2. The van der Waals surface area contributed by atoms with Crippen LogP contribution in [0.1, 0.15) is 11.1 Å². The van der Waals surface area contributed by atoms with Crippen LogP contribution in [0.3, 0.4) is 0 Å². The molecular formula is C17H15BrN2. The van der Waals surface area contributed by atoms with Crippen molar-refractivity contribution in [3.05, 3.63) is 82.5 Å². The topological polar surface area (TPSA) is 24.7 Å². The molecule has 0 heterocycles. The molecule has 2 nitrogen and oxygen atoms in total. The molecule has 100 valence electrons. The molecule has 0 unspecified atom stereocenters. The molecule has 2 aromatic rings. The molecule has 0 aliphatic rings. The summed E-state index contributed by atoms with van der Waals surface area (Å²) >= 11 is 3.46. The zero-order valence-corrected chi connectivity index (χ0v) is 12.6. The smallest absolute Gasteiger partial charge is 0.159 e. The van der Waals surface area contributed by atoms with Gasteiger partial charge in [-0.3, -0.25) is 0 Å². The highest BCUT2D eigenvalue weighted by Crippen LogP contribution is 2.13. The van der Waals surface area contributed by atoms with Crippen LogP contribution in [0.25, 0.3) is 0 Å². The second kappa shape index (κ2) is 7.56. The van der Waals surface area contributed by atoms with E-state index in [9.17, 15) is 0 Å². The predicted octanol–water partition coefficient (Wildman–Crippen LogP) is 4.61. The lowest BCUT2D eigenvalue weighted by atomic mass is 10.1. The van der Waals surface area contributed by atoms with Crippen LogP contribution in [0, 0.1) is 0 Å². The van der Waals surface area contributed by atoms with E-state index in [-0.39, 0.29) is 0 Å². The third-order valence-electron chi connectivity index (χ3n) is 2.74. The zero-order valence-electron chi connectivity index (χ0n) is 11.0. The monoisotopic (exact) mass is 326 g/mol. The molecule has 2 rings (SSSR count). The summed E-state index contributed by atoms with van der Waals surface area (Å²) in [5.74, 6) is 0.613. The lowest BCUT2D eigenvalue weighted by molar-refractivity contribution is 1.25. The largest absolute Gasteiger partial charge is 0.245 e. The van der Waals surface area contributed by atoms with Gasteiger partial charge in [0.15, 0.2) is 5.84 Å².